The minimum atomic E-state index is -1.81. The van der Waals surface area contributed by atoms with Gasteiger partial charge in [0.1, 0.15) is 0 Å². The first-order valence-corrected chi connectivity index (χ1v) is 5.49. The van der Waals surface area contributed by atoms with E-state index in [1.165, 1.54) is 6.92 Å². The number of esters is 2. The highest BCUT2D eigenvalue weighted by atomic mass is 16.6. The van der Waals surface area contributed by atoms with E-state index in [9.17, 15) is 14.7 Å². The summed E-state index contributed by atoms with van der Waals surface area (Å²) in [6, 6.07) is 0. The molecule has 0 heterocycles. The van der Waals surface area contributed by atoms with Crippen LogP contribution >= 0.6 is 0 Å². The second-order valence-corrected chi connectivity index (χ2v) is 3.75. The van der Waals surface area contributed by atoms with Crippen LogP contribution in [0.4, 0.5) is 0 Å². The van der Waals surface area contributed by atoms with Crippen molar-refractivity contribution in [3.05, 3.63) is 0 Å². The lowest BCUT2D eigenvalue weighted by molar-refractivity contribution is -0.170. The lowest BCUT2D eigenvalue weighted by Crippen LogP contribution is -2.39. The average molecular weight is 232 g/mol. The Bertz CT molecular complexity index is 235. The van der Waals surface area contributed by atoms with Gasteiger partial charge < -0.3 is 14.6 Å². The van der Waals surface area contributed by atoms with Gasteiger partial charge in [-0.25, -0.2) is 4.79 Å². The van der Waals surface area contributed by atoms with Gasteiger partial charge in [-0.15, -0.1) is 0 Å². The molecule has 1 N–H and O–H groups in total. The van der Waals surface area contributed by atoms with Gasteiger partial charge >= 0.3 is 11.9 Å². The summed E-state index contributed by atoms with van der Waals surface area (Å²) < 4.78 is 9.48. The number of aliphatic hydroxyl groups is 1. The van der Waals surface area contributed by atoms with Crippen LogP contribution in [-0.2, 0) is 19.1 Å². The predicted molar refractivity (Wildman–Crippen MR) is 57.7 cm³/mol. The number of carbonyl (C=O) groups is 2. The van der Waals surface area contributed by atoms with E-state index in [1.807, 2.05) is 6.92 Å². The zero-order valence-corrected chi connectivity index (χ0v) is 10.1. The second kappa shape index (κ2) is 7.22. The quantitative estimate of drug-likeness (QED) is 0.524. The number of hydrogen-bond acceptors (Lipinski definition) is 5. The molecule has 0 aliphatic rings. The molecule has 0 rings (SSSR count). The lowest BCUT2D eigenvalue weighted by atomic mass is 10.0. The summed E-state index contributed by atoms with van der Waals surface area (Å²) in [6.45, 7) is 5.33. The highest BCUT2D eigenvalue weighted by Gasteiger charge is 2.35. The summed E-state index contributed by atoms with van der Waals surface area (Å²) in [7, 11) is 0. The van der Waals surface area contributed by atoms with E-state index in [-0.39, 0.29) is 13.0 Å². The van der Waals surface area contributed by atoms with Gasteiger partial charge in [0.05, 0.1) is 19.6 Å². The molecule has 0 aromatic rings. The van der Waals surface area contributed by atoms with Crippen molar-refractivity contribution in [2.24, 2.45) is 0 Å². The molecule has 1 atom stereocenters. The smallest absolute Gasteiger partial charge is 0.338 e. The number of ether oxygens (including phenoxy) is 2. The molecule has 0 aliphatic carbocycles. The van der Waals surface area contributed by atoms with Crippen LogP contribution in [0.3, 0.4) is 0 Å². The maximum atomic E-state index is 11.3. The molecule has 5 heteroatoms. The fourth-order valence-corrected chi connectivity index (χ4v) is 1.02. The van der Waals surface area contributed by atoms with Gasteiger partial charge in [-0.05, 0) is 20.3 Å². The molecule has 0 radical (unpaired) electrons. The molecule has 94 valence electrons. The van der Waals surface area contributed by atoms with Crippen molar-refractivity contribution >= 4 is 11.9 Å². The highest BCUT2D eigenvalue weighted by Crippen LogP contribution is 2.12. The fraction of sp³-hybridized carbons (Fsp3) is 0.818. The van der Waals surface area contributed by atoms with E-state index >= 15 is 0 Å². The molecule has 0 aromatic carbocycles. The second-order valence-electron chi connectivity index (χ2n) is 3.75. The Morgan fingerprint density at radius 1 is 1.25 bits per heavy atom. The summed E-state index contributed by atoms with van der Waals surface area (Å²) >= 11 is 0. The van der Waals surface area contributed by atoms with Crippen molar-refractivity contribution in [3.63, 3.8) is 0 Å². The summed E-state index contributed by atoms with van der Waals surface area (Å²) in [5.41, 5.74) is -1.81. The number of unbranched alkanes of at least 4 members (excludes halogenated alkanes) is 1. The Kier molecular flexibility index (Phi) is 6.72. The van der Waals surface area contributed by atoms with Crippen LogP contribution in [0.15, 0.2) is 0 Å². The molecule has 0 spiro atoms. The molecular formula is C11H20O5. The zero-order chi connectivity index (χ0) is 12.6. The topological polar surface area (TPSA) is 72.8 Å². The maximum absolute atomic E-state index is 11.3. The molecule has 0 fully saturated rings. The maximum Gasteiger partial charge on any atom is 0.338 e. The third kappa shape index (κ3) is 5.70. The van der Waals surface area contributed by atoms with Crippen LogP contribution in [-0.4, -0.2) is 35.9 Å². The van der Waals surface area contributed by atoms with E-state index in [0.29, 0.717) is 6.61 Å². The molecule has 0 saturated heterocycles. The molecular weight excluding hydrogens is 212 g/mol. The number of carbonyl (C=O) groups excluding carboxylic acids is 2. The molecule has 0 amide bonds. The Balaban J connectivity index is 4.04. The molecule has 0 aromatic heterocycles. The fourth-order valence-electron chi connectivity index (χ4n) is 1.02. The highest BCUT2D eigenvalue weighted by molar-refractivity contribution is 5.85. The van der Waals surface area contributed by atoms with Crippen LogP contribution < -0.4 is 0 Å². The van der Waals surface area contributed by atoms with E-state index in [2.05, 4.69) is 4.74 Å². The SMILES string of the molecule is CCCCOC(=O)CC(C)(O)C(=O)OCC. The third-order valence-corrected chi connectivity index (χ3v) is 1.96. The van der Waals surface area contributed by atoms with E-state index in [0.717, 1.165) is 12.8 Å². The van der Waals surface area contributed by atoms with E-state index < -0.39 is 17.5 Å². The molecule has 16 heavy (non-hydrogen) atoms. The molecule has 0 aliphatic heterocycles. The third-order valence-electron chi connectivity index (χ3n) is 1.96. The zero-order valence-electron chi connectivity index (χ0n) is 10.1. The average Bonchev–Trinajstić information content (AvgIpc) is 2.17. The number of hydrogen-bond donors (Lipinski definition) is 1. The van der Waals surface area contributed by atoms with Gasteiger partial charge in [0.25, 0.3) is 0 Å². The lowest BCUT2D eigenvalue weighted by Gasteiger charge is -2.19. The van der Waals surface area contributed by atoms with Crippen molar-refractivity contribution in [3.8, 4) is 0 Å². The Morgan fingerprint density at radius 3 is 2.38 bits per heavy atom. The van der Waals surface area contributed by atoms with Gasteiger partial charge in [0.2, 0.25) is 0 Å². The Morgan fingerprint density at radius 2 is 1.88 bits per heavy atom. The summed E-state index contributed by atoms with van der Waals surface area (Å²) in [4.78, 5) is 22.5. The standard InChI is InChI=1S/C11H20O5/c1-4-6-7-16-9(12)8-11(3,14)10(13)15-5-2/h14H,4-8H2,1-3H3. The van der Waals surface area contributed by atoms with Gasteiger partial charge in [-0.2, -0.15) is 0 Å². The van der Waals surface area contributed by atoms with Crippen molar-refractivity contribution in [2.75, 3.05) is 13.2 Å². The summed E-state index contributed by atoms with van der Waals surface area (Å²) in [5.74, 6) is -1.39. The van der Waals surface area contributed by atoms with E-state index in [4.69, 9.17) is 4.74 Å². The largest absolute Gasteiger partial charge is 0.466 e. The first kappa shape index (κ1) is 14.9. The van der Waals surface area contributed by atoms with Crippen molar-refractivity contribution in [1.29, 1.82) is 0 Å². The van der Waals surface area contributed by atoms with Crippen molar-refractivity contribution in [2.45, 2.75) is 45.6 Å². The molecule has 0 saturated carbocycles. The van der Waals surface area contributed by atoms with Gasteiger partial charge in [0.15, 0.2) is 5.60 Å². The van der Waals surface area contributed by atoms with Crippen molar-refractivity contribution < 1.29 is 24.2 Å². The first-order chi connectivity index (χ1) is 7.44. The van der Waals surface area contributed by atoms with Gasteiger partial charge in [-0.3, -0.25) is 4.79 Å². The molecule has 1 unspecified atom stereocenters. The van der Waals surface area contributed by atoms with Gasteiger partial charge in [-0.1, -0.05) is 13.3 Å². The summed E-state index contributed by atoms with van der Waals surface area (Å²) in [6.07, 6.45) is 1.31. The monoisotopic (exact) mass is 232 g/mol. The predicted octanol–water partition coefficient (Wildman–Crippen LogP) is 1.03. The minimum Gasteiger partial charge on any atom is -0.466 e. The van der Waals surface area contributed by atoms with Crippen molar-refractivity contribution in [1.82, 2.24) is 0 Å². The van der Waals surface area contributed by atoms with Crippen LogP contribution in [0.2, 0.25) is 0 Å². The first-order valence-electron chi connectivity index (χ1n) is 5.49. The van der Waals surface area contributed by atoms with Gasteiger partial charge in [0, 0.05) is 0 Å². The molecule has 5 nitrogen and oxygen atoms in total. The van der Waals surface area contributed by atoms with E-state index in [1.54, 1.807) is 6.92 Å². The van der Waals surface area contributed by atoms with Crippen LogP contribution in [0.5, 0.6) is 0 Å². The summed E-state index contributed by atoms with van der Waals surface area (Å²) in [5, 5.41) is 9.67. The van der Waals surface area contributed by atoms with Crippen LogP contribution in [0.25, 0.3) is 0 Å². The van der Waals surface area contributed by atoms with Crippen LogP contribution in [0, 0.1) is 0 Å². The number of rotatable bonds is 7. The normalized spacial score (nSPS) is 14.0. The Hall–Kier alpha value is -1.10. The van der Waals surface area contributed by atoms with Crippen LogP contribution in [0.1, 0.15) is 40.0 Å². The minimum absolute atomic E-state index is 0.167. The Labute approximate surface area is 95.7 Å². The molecule has 0 bridgehead atoms.